The molecule has 0 spiro atoms. The largest absolute Gasteiger partial charge is 0.439 e. The molecule has 2 aromatic rings. The van der Waals surface area contributed by atoms with Crippen molar-refractivity contribution in [2.24, 2.45) is 0 Å². The van der Waals surface area contributed by atoms with Crippen LogP contribution in [0.2, 0.25) is 0 Å². The van der Waals surface area contributed by atoms with Gasteiger partial charge in [-0.15, -0.1) is 0 Å². The smallest absolute Gasteiger partial charge is 0.269 e. The Balaban J connectivity index is 2.20. The third-order valence-corrected chi connectivity index (χ3v) is 2.52. The molecule has 0 aliphatic heterocycles. The summed E-state index contributed by atoms with van der Waals surface area (Å²) in [7, 11) is 0. The average Bonchev–Trinajstić information content (AvgIpc) is 2.43. The van der Waals surface area contributed by atoms with Crippen molar-refractivity contribution in [1.29, 1.82) is 0 Å². The van der Waals surface area contributed by atoms with E-state index >= 15 is 0 Å². The second-order valence-corrected chi connectivity index (χ2v) is 4.07. The number of nitro benzene ring substituents is 1. The maximum absolute atomic E-state index is 10.6. The molecule has 2 rings (SSSR count). The Bertz CT molecular complexity index is 614. The molecule has 1 aromatic heterocycles. The first kappa shape index (κ1) is 13.7. The highest BCUT2D eigenvalue weighted by Crippen LogP contribution is 2.25. The van der Waals surface area contributed by atoms with E-state index in [4.69, 9.17) is 4.74 Å². The predicted molar refractivity (Wildman–Crippen MR) is 74.1 cm³/mol. The number of ether oxygens (including phenoxy) is 1. The van der Waals surface area contributed by atoms with E-state index in [2.05, 4.69) is 15.3 Å². The molecule has 7 nitrogen and oxygen atoms in total. The number of nitrogens with zero attached hydrogens (tertiary/aromatic N) is 3. The van der Waals surface area contributed by atoms with Gasteiger partial charge in [0, 0.05) is 30.4 Å². The Morgan fingerprint density at radius 2 is 2.05 bits per heavy atom. The third-order valence-electron chi connectivity index (χ3n) is 2.52. The first-order valence-corrected chi connectivity index (χ1v) is 6.10. The number of non-ortho nitro benzene ring substituents is 1. The minimum absolute atomic E-state index is 0.0186. The van der Waals surface area contributed by atoms with Gasteiger partial charge in [0.05, 0.1) is 4.92 Å². The minimum atomic E-state index is -0.455. The van der Waals surface area contributed by atoms with Gasteiger partial charge >= 0.3 is 0 Å². The van der Waals surface area contributed by atoms with Gasteiger partial charge in [-0.2, -0.15) is 4.98 Å². The Hall–Kier alpha value is -2.70. The summed E-state index contributed by atoms with van der Waals surface area (Å²) in [6.45, 7) is 4.48. The number of benzene rings is 1. The summed E-state index contributed by atoms with van der Waals surface area (Å²) in [5.41, 5.74) is 0.801. The van der Waals surface area contributed by atoms with Crippen molar-refractivity contribution in [1.82, 2.24) is 9.97 Å². The van der Waals surface area contributed by atoms with E-state index in [0.717, 1.165) is 5.56 Å². The molecule has 0 unspecified atom stereocenters. The zero-order valence-corrected chi connectivity index (χ0v) is 11.2. The van der Waals surface area contributed by atoms with Crippen LogP contribution >= 0.6 is 0 Å². The topological polar surface area (TPSA) is 90.2 Å². The molecule has 0 saturated heterocycles. The number of nitro groups is 1. The van der Waals surface area contributed by atoms with Crippen LogP contribution in [0.4, 0.5) is 11.6 Å². The number of nitrogens with one attached hydrogen (secondary N) is 1. The Morgan fingerprint density at radius 1 is 1.35 bits per heavy atom. The lowest BCUT2D eigenvalue weighted by Crippen LogP contribution is -2.03. The van der Waals surface area contributed by atoms with E-state index in [-0.39, 0.29) is 5.69 Å². The molecule has 0 aliphatic carbocycles. The molecule has 0 radical (unpaired) electrons. The summed E-state index contributed by atoms with van der Waals surface area (Å²) in [5.74, 6) is 1.39. The first-order chi connectivity index (χ1) is 9.60. The number of anilines is 1. The van der Waals surface area contributed by atoms with Gasteiger partial charge < -0.3 is 10.1 Å². The summed E-state index contributed by atoms with van der Waals surface area (Å²) < 4.78 is 5.62. The monoisotopic (exact) mass is 274 g/mol. The van der Waals surface area contributed by atoms with Crippen molar-refractivity contribution in [2.75, 3.05) is 11.9 Å². The minimum Gasteiger partial charge on any atom is -0.439 e. The van der Waals surface area contributed by atoms with Crippen LogP contribution in [0.1, 0.15) is 12.5 Å². The van der Waals surface area contributed by atoms with E-state index in [1.165, 1.54) is 24.3 Å². The lowest BCUT2D eigenvalue weighted by atomic mass is 10.3. The van der Waals surface area contributed by atoms with Crippen LogP contribution in [0.15, 0.2) is 30.5 Å². The van der Waals surface area contributed by atoms with Crippen molar-refractivity contribution >= 4 is 11.6 Å². The quantitative estimate of drug-likeness (QED) is 0.666. The van der Waals surface area contributed by atoms with Crippen LogP contribution in [-0.2, 0) is 0 Å². The van der Waals surface area contributed by atoms with Gasteiger partial charge in [-0.3, -0.25) is 10.1 Å². The summed E-state index contributed by atoms with van der Waals surface area (Å²) in [5, 5.41) is 13.6. The summed E-state index contributed by atoms with van der Waals surface area (Å²) in [4.78, 5) is 18.5. The van der Waals surface area contributed by atoms with E-state index in [9.17, 15) is 10.1 Å². The molecule has 1 N–H and O–H groups in total. The summed E-state index contributed by atoms with van der Waals surface area (Å²) >= 11 is 0. The van der Waals surface area contributed by atoms with Crippen LogP contribution in [0, 0.1) is 17.0 Å². The molecule has 1 heterocycles. The van der Waals surface area contributed by atoms with Crippen molar-refractivity contribution in [3.05, 3.63) is 46.1 Å². The highest BCUT2D eigenvalue weighted by atomic mass is 16.6. The molecule has 0 amide bonds. The van der Waals surface area contributed by atoms with Crippen LogP contribution in [0.3, 0.4) is 0 Å². The third kappa shape index (κ3) is 3.19. The second kappa shape index (κ2) is 5.96. The molecular formula is C13H14N4O3. The lowest BCUT2D eigenvalue weighted by Gasteiger charge is -2.09. The molecule has 0 aliphatic rings. The van der Waals surface area contributed by atoms with Crippen molar-refractivity contribution in [3.63, 3.8) is 0 Å². The Morgan fingerprint density at radius 3 is 2.65 bits per heavy atom. The van der Waals surface area contributed by atoms with Gasteiger partial charge in [0.15, 0.2) is 0 Å². The Kier molecular flexibility index (Phi) is 4.09. The number of hydrogen-bond acceptors (Lipinski definition) is 6. The molecule has 0 fully saturated rings. The van der Waals surface area contributed by atoms with Crippen LogP contribution in [0.5, 0.6) is 11.6 Å². The average molecular weight is 274 g/mol. The molecule has 0 bridgehead atoms. The number of hydrogen-bond donors (Lipinski definition) is 1. The van der Waals surface area contributed by atoms with Gasteiger partial charge in [-0.25, -0.2) is 4.98 Å². The van der Waals surface area contributed by atoms with Crippen LogP contribution in [-0.4, -0.2) is 21.4 Å². The predicted octanol–water partition coefficient (Wildman–Crippen LogP) is 2.92. The fraction of sp³-hybridized carbons (Fsp3) is 0.231. The fourth-order valence-corrected chi connectivity index (χ4v) is 1.52. The highest BCUT2D eigenvalue weighted by Gasteiger charge is 2.08. The van der Waals surface area contributed by atoms with E-state index in [1.54, 1.807) is 6.20 Å². The van der Waals surface area contributed by atoms with Crippen LogP contribution < -0.4 is 10.1 Å². The molecular weight excluding hydrogens is 260 g/mol. The van der Waals surface area contributed by atoms with E-state index in [0.29, 0.717) is 24.1 Å². The Labute approximate surface area is 115 Å². The molecule has 0 saturated carbocycles. The van der Waals surface area contributed by atoms with Crippen molar-refractivity contribution < 1.29 is 9.66 Å². The second-order valence-electron chi connectivity index (χ2n) is 4.07. The highest BCUT2D eigenvalue weighted by molar-refractivity contribution is 5.40. The van der Waals surface area contributed by atoms with Crippen molar-refractivity contribution in [3.8, 4) is 11.6 Å². The summed E-state index contributed by atoms with van der Waals surface area (Å²) in [6, 6.07) is 5.84. The maximum Gasteiger partial charge on any atom is 0.269 e. The summed E-state index contributed by atoms with van der Waals surface area (Å²) in [6.07, 6.45) is 1.66. The van der Waals surface area contributed by atoms with E-state index in [1.807, 2.05) is 13.8 Å². The SMILES string of the molecule is CCNc1ncc(C)c(Oc2ccc([N+](=O)[O-])cc2)n1. The standard InChI is InChI=1S/C13H14N4O3/c1-3-14-13-15-8-9(2)12(16-13)20-11-6-4-10(5-7-11)17(18)19/h4-8H,3H2,1-2H3,(H,14,15,16). The maximum atomic E-state index is 10.6. The number of aryl methyl sites for hydroxylation is 1. The van der Waals surface area contributed by atoms with Crippen LogP contribution in [0.25, 0.3) is 0 Å². The molecule has 7 heteroatoms. The molecule has 1 aromatic carbocycles. The zero-order valence-electron chi connectivity index (χ0n) is 11.2. The van der Waals surface area contributed by atoms with E-state index < -0.39 is 4.92 Å². The lowest BCUT2D eigenvalue weighted by molar-refractivity contribution is -0.384. The molecule has 20 heavy (non-hydrogen) atoms. The fourth-order valence-electron chi connectivity index (χ4n) is 1.52. The van der Waals surface area contributed by atoms with Gasteiger partial charge in [0.25, 0.3) is 5.69 Å². The van der Waals surface area contributed by atoms with Gasteiger partial charge in [-0.05, 0) is 26.0 Å². The van der Waals surface area contributed by atoms with Gasteiger partial charge in [0.1, 0.15) is 5.75 Å². The van der Waals surface area contributed by atoms with Gasteiger partial charge in [0.2, 0.25) is 11.8 Å². The normalized spacial score (nSPS) is 10.1. The number of rotatable bonds is 5. The number of aromatic nitrogens is 2. The zero-order chi connectivity index (χ0) is 14.5. The molecule has 0 atom stereocenters. The first-order valence-electron chi connectivity index (χ1n) is 6.10. The van der Waals surface area contributed by atoms with Gasteiger partial charge in [-0.1, -0.05) is 0 Å². The van der Waals surface area contributed by atoms with Crippen molar-refractivity contribution in [2.45, 2.75) is 13.8 Å². The molecule has 104 valence electrons.